The Bertz CT molecular complexity index is 701. The predicted molar refractivity (Wildman–Crippen MR) is 126 cm³/mol. The van der Waals surface area contributed by atoms with Crippen LogP contribution in [0.15, 0.2) is 66.3 Å². The van der Waals surface area contributed by atoms with E-state index in [4.69, 9.17) is 0 Å². The van der Waals surface area contributed by atoms with Crippen molar-refractivity contribution in [1.82, 2.24) is 0 Å². The van der Waals surface area contributed by atoms with Gasteiger partial charge in [-0.25, -0.2) is 0 Å². The van der Waals surface area contributed by atoms with Crippen LogP contribution in [0.3, 0.4) is 0 Å². The van der Waals surface area contributed by atoms with Gasteiger partial charge >= 0.3 is 0 Å². The molecule has 1 amide bonds. The van der Waals surface area contributed by atoms with Crippen LogP contribution in [0.2, 0.25) is 0 Å². The summed E-state index contributed by atoms with van der Waals surface area (Å²) in [6.07, 6.45) is 13.9. The smallest absolute Gasteiger partial charge is 0.250 e. The molecule has 2 heteroatoms. The summed E-state index contributed by atoms with van der Waals surface area (Å²) in [5, 5.41) is 2.94. The first kappa shape index (κ1) is 23.2. The number of allylic oxidation sites excluding steroid dienone is 3. The molecule has 0 saturated heterocycles. The minimum atomic E-state index is -0.0644. The van der Waals surface area contributed by atoms with Crippen molar-refractivity contribution < 1.29 is 4.79 Å². The van der Waals surface area contributed by atoms with Crippen LogP contribution >= 0.6 is 0 Å². The highest BCUT2D eigenvalue weighted by Crippen LogP contribution is 2.34. The molecule has 0 heterocycles. The van der Waals surface area contributed by atoms with Gasteiger partial charge < -0.3 is 5.32 Å². The van der Waals surface area contributed by atoms with Gasteiger partial charge in [-0.15, -0.1) is 0 Å². The molecule has 1 aromatic rings. The van der Waals surface area contributed by atoms with Crippen molar-refractivity contribution >= 4 is 11.6 Å². The normalized spacial score (nSPS) is 17.7. The molecule has 1 aliphatic carbocycles. The Morgan fingerprint density at radius 1 is 1.17 bits per heavy atom. The van der Waals surface area contributed by atoms with Crippen molar-refractivity contribution in [1.29, 1.82) is 0 Å². The molecule has 0 spiro atoms. The highest BCUT2D eigenvalue weighted by Gasteiger charge is 2.20. The van der Waals surface area contributed by atoms with E-state index in [1.807, 2.05) is 30.3 Å². The van der Waals surface area contributed by atoms with Gasteiger partial charge in [-0.2, -0.15) is 0 Å². The van der Waals surface area contributed by atoms with Crippen LogP contribution in [-0.4, -0.2) is 5.91 Å². The lowest BCUT2D eigenvalue weighted by Gasteiger charge is -2.25. The third-order valence-corrected chi connectivity index (χ3v) is 6.16. The first-order valence-electron chi connectivity index (χ1n) is 11.4. The maximum atomic E-state index is 12.4. The molecule has 1 aliphatic rings. The van der Waals surface area contributed by atoms with Gasteiger partial charge in [-0.3, -0.25) is 4.79 Å². The molecule has 0 fully saturated rings. The van der Waals surface area contributed by atoms with Gasteiger partial charge in [-0.1, -0.05) is 61.9 Å². The lowest BCUT2D eigenvalue weighted by molar-refractivity contribution is -0.113. The third kappa shape index (κ3) is 8.43. The van der Waals surface area contributed by atoms with E-state index in [9.17, 15) is 4.79 Å². The van der Waals surface area contributed by atoms with E-state index in [1.165, 1.54) is 37.7 Å². The van der Waals surface area contributed by atoms with E-state index in [2.05, 4.69) is 38.4 Å². The lowest BCUT2D eigenvalue weighted by atomic mass is 9.81. The van der Waals surface area contributed by atoms with Crippen molar-refractivity contribution in [3.8, 4) is 0 Å². The SMILES string of the molecule is C=C(CCCC(CC1CCC=C(C)CC1)C(=C)CCC)C(=O)Nc1ccccc1. The van der Waals surface area contributed by atoms with Crippen LogP contribution in [0.4, 0.5) is 5.69 Å². The molecular weight excluding hydrogens is 354 g/mol. The van der Waals surface area contributed by atoms with Crippen molar-refractivity contribution in [2.75, 3.05) is 5.32 Å². The second-order valence-electron chi connectivity index (χ2n) is 8.69. The molecule has 1 N–H and O–H groups in total. The molecule has 1 aromatic carbocycles. The molecule has 2 unspecified atom stereocenters. The Balaban J connectivity index is 1.82. The Morgan fingerprint density at radius 3 is 2.66 bits per heavy atom. The van der Waals surface area contributed by atoms with Crippen LogP contribution in [0.25, 0.3) is 0 Å². The van der Waals surface area contributed by atoms with E-state index in [1.54, 1.807) is 5.57 Å². The second-order valence-corrected chi connectivity index (χ2v) is 8.69. The topological polar surface area (TPSA) is 29.1 Å². The summed E-state index contributed by atoms with van der Waals surface area (Å²) >= 11 is 0. The van der Waals surface area contributed by atoms with E-state index in [0.717, 1.165) is 43.7 Å². The lowest BCUT2D eigenvalue weighted by Crippen LogP contribution is -2.15. The highest BCUT2D eigenvalue weighted by molar-refractivity contribution is 6.03. The molecule has 2 rings (SSSR count). The van der Waals surface area contributed by atoms with Gasteiger partial charge in [0, 0.05) is 11.3 Å². The molecule has 0 aromatic heterocycles. The summed E-state index contributed by atoms with van der Waals surface area (Å²) in [6, 6.07) is 9.59. The Labute approximate surface area is 178 Å². The van der Waals surface area contributed by atoms with Crippen LogP contribution in [-0.2, 0) is 4.79 Å². The Morgan fingerprint density at radius 2 is 1.93 bits per heavy atom. The van der Waals surface area contributed by atoms with E-state index < -0.39 is 0 Å². The molecule has 0 aliphatic heterocycles. The fraction of sp³-hybridized carbons (Fsp3) is 0.519. The van der Waals surface area contributed by atoms with Crippen LogP contribution in [0.1, 0.15) is 78.1 Å². The van der Waals surface area contributed by atoms with Gasteiger partial charge in [0.2, 0.25) is 0 Å². The van der Waals surface area contributed by atoms with E-state index >= 15 is 0 Å². The number of rotatable bonds is 11. The summed E-state index contributed by atoms with van der Waals surface area (Å²) in [6.45, 7) is 12.9. The quantitative estimate of drug-likeness (QED) is 0.301. The van der Waals surface area contributed by atoms with Crippen molar-refractivity contribution in [2.45, 2.75) is 78.1 Å². The number of amides is 1. The summed E-state index contributed by atoms with van der Waals surface area (Å²) in [5.41, 5.74) is 4.45. The maximum Gasteiger partial charge on any atom is 0.250 e. The monoisotopic (exact) mass is 393 g/mol. The number of hydrogen-bond donors (Lipinski definition) is 1. The number of para-hydroxylation sites is 1. The maximum absolute atomic E-state index is 12.4. The Hall–Kier alpha value is -2.09. The average Bonchev–Trinajstić information content (AvgIpc) is 2.92. The van der Waals surface area contributed by atoms with E-state index in [-0.39, 0.29) is 5.91 Å². The fourth-order valence-electron chi connectivity index (χ4n) is 4.31. The summed E-state index contributed by atoms with van der Waals surface area (Å²) in [5.74, 6) is 1.31. The molecule has 29 heavy (non-hydrogen) atoms. The number of anilines is 1. The zero-order valence-corrected chi connectivity index (χ0v) is 18.5. The molecule has 0 radical (unpaired) electrons. The van der Waals surface area contributed by atoms with E-state index in [0.29, 0.717) is 11.5 Å². The van der Waals surface area contributed by atoms with Crippen LogP contribution in [0, 0.1) is 11.8 Å². The zero-order valence-electron chi connectivity index (χ0n) is 18.5. The first-order valence-corrected chi connectivity index (χ1v) is 11.4. The zero-order chi connectivity index (χ0) is 21.1. The number of carbonyl (C=O) groups excluding carboxylic acids is 1. The second kappa shape index (κ2) is 12.5. The molecule has 2 nitrogen and oxygen atoms in total. The molecule has 158 valence electrons. The van der Waals surface area contributed by atoms with Gasteiger partial charge in [0.15, 0.2) is 0 Å². The van der Waals surface area contributed by atoms with Gasteiger partial charge in [0.05, 0.1) is 0 Å². The number of hydrogen-bond acceptors (Lipinski definition) is 1. The molecular formula is C27H39NO. The number of carbonyl (C=O) groups is 1. The van der Waals surface area contributed by atoms with Crippen LogP contribution in [0.5, 0.6) is 0 Å². The predicted octanol–water partition coefficient (Wildman–Crippen LogP) is 7.85. The van der Waals surface area contributed by atoms with Crippen molar-refractivity contribution in [2.24, 2.45) is 11.8 Å². The van der Waals surface area contributed by atoms with Crippen molar-refractivity contribution in [3.05, 3.63) is 66.3 Å². The molecule has 0 saturated carbocycles. The Kier molecular flexibility index (Phi) is 9.97. The average molecular weight is 394 g/mol. The minimum absolute atomic E-state index is 0.0644. The molecule has 0 bridgehead atoms. The summed E-state index contributed by atoms with van der Waals surface area (Å²) < 4.78 is 0. The largest absolute Gasteiger partial charge is 0.322 e. The van der Waals surface area contributed by atoms with Gasteiger partial charge in [-0.05, 0) is 88.7 Å². The third-order valence-electron chi connectivity index (χ3n) is 6.16. The number of benzene rings is 1. The van der Waals surface area contributed by atoms with Gasteiger partial charge in [0.1, 0.15) is 0 Å². The minimum Gasteiger partial charge on any atom is -0.322 e. The van der Waals surface area contributed by atoms with Gasteiger partial charge in [0.25, 0.3) is 5.91 Å². The standard InChI is InChI=1S/C27H39NO/c1-5-11-22(3)25(20-24-14-9-12-21(2)18-19-24)15-10-13-23(4)27(29)28-26-16-7-6-8-17-26/h6-8,12,16-17,24-25H,3-5,9-11,13-15,18-20H2,1-2H3,(H,28,29). The van der Waals surface area contributed by atoms with Crippen molar-refractivity contribution in [3.63, 3.8) is 0 Å². The highest BCUT2D eigenvalue weighted by atomic mass is 16.1. The number of nitrogens with one attached hydrogen (secondary N) is 1. The first-order chi connectivity index (χ1) is 14.0. The molecule has 2 atom stereocenters. The summed E-state index contributed by atoms with van der Waals surface area (Å²) in [4.78, 5) is 12.4. The fourth-order valence-corrected chi connectivity index (χ4v) is 4.31. The summed E-state index contributed by atoms with van der Waals surface area (Å²) in [7, 11) is 0. The van der Waals surface area contributed by atoms with Crippen LogP contribution < -0.4 is 5.32 Å².